The number of piperazine rings is 1. The number of nitrogens with zero attached hydrogens (tertiary/aromatic N) is 1. The summed E-state index contributed by atoms with van der Waals surface area (Å²) in [6.07, 6.45) is 0.986. The molecule has 0 saturated carbocycles. The van der Waals surface area contributed by atoms with E-state index in [0.717, 1.165) is 56.0 Å². The van der Waals surface area contributed by atoms with Crippen molar-refractivity contribution in [1.29, 1.82) is 0 Å². The lowest BCUT2D eigenvalue weighted by molar-refractivity contribution is 0.0887. The van der Waals surface area contributed by atoms with Crippen LogP contribution < -0.4 is 10.1 Å². The molecule has 4 nitrogen and oxygen atoms in total. The van der Waals surface area contributed by atoms with Gasteiger partial charge < -0.3 is 15.0 Å². The summed E-state index contributed by atoms with van der Waals surface area (Å²) in [4.78, 5) is 15.2. The number of hydrogen-bond acceptors (Lipinski definition) is 4. The van der Waals surface area contributed by atoms with Gasteiger partial charge in [0.05, 0.1) is 6.61 Å². The third-order valence-electron chi connectivity index (χ3n) is 4.57. The van der Waals surface area contributed by atoms with E-state index in [9.17, 15) is 4.79 Å². The Morgan fingerprint density at radius 3 is 2.58 bits per heavy atom. The summed E-state index contributed by atoms with van der Waals surface area (Å²) in [6, 6.07) is 5.93. The summed E-state index contributed by atoms with van der Waals surface area (Å²) >= 11 is 0. The van der Waals surface area contributed by atoms with Crippen molar-refractivity contribution >= 4 is 5.78 Å². The fourth-order valence-corrected chi connectivity index (χ4v) is 3.14. The first-order chi connectivity index (χ1) is 11.5. The number of benzene rings is 1. The van der Waals surface area contributed by atoms with Gasteiger partial charge in [0.1, 0.15) is 5.75 Å². The van der Waals surface area contributed by atoms with E-state index in [0.29, 0.717) is 12.5 Å². The second kappa shape index (κ2) is 9.19. The van der Waals surface area contributed by atoms with Crippen molar-refractivity contribution in [3.63, 3.8) is 0 Å². The minimum absolute atomic E-state index is 0.0190. The second-order valence-electron chi connectivity index (χ2n) is 7.07. The van der Waals surface area contributed by atoms with E-state index in [1.165, 1.54) is 0 Å². The fraction of sp³-hybridized carbons (Fsp3) is 0.650. The van der Waals surface area contributed by atoms with Gasteiger partial charge in [0.2, 0.25) is 0 Å². The molecule has 1 unspecified atom stereocenters. The van der Waals surface area contributed by atoms with Gasteiger partial charge in [-0.15, -0.1) is 0 Å². The summed E-state index contributed by atoms with van der Waals surface area (Å²) in [5.74, 6) is 1.51. The van der Waals surface area contributed by atoms with Gasteiger partial charge in [-0.1, -0.05) is 27.7 Å². The molecule has 1 N–H and O–H groups in total. The van der Waals surface area contributed by atoms with E-state index in [2.05, 4.69) is 31.0 Å². The van der Waals surface area contributed by atoms with Gasteiger partial charge in [0.15, 0.2) is 5.78 Å². The quantitative estimate of drug-likeness (QED) is 0.742. The Balaban J connectivity index is 2.08. The van der Waals surface area contributed by atoms with Crippen molar-refractivity contribution in [2.75, 3.05) is 39.3 Å². The fourth-order valence-electron chi connectivity index (χ4n) is 3.14. The Hall–Kier alpha value is -1.39. The van der Waals surface area contributed by atoms with Crippen LogP contribution in [0.3, 0.4) is 0 Å². The summed E-state index contributed by atoms with van der Waals surface area (Å²) in [7, 11) is 0. The topological polar surface area (TPSA) is 41.6 Å². The first-order valence-corrected chi connectivity index (χ1v) is 9.27. The highest BCUT2D eigenvalue weighted by Crippen LogP contribution is 2.28. The zero-order valence-electron chi connectivity index (χ0n) is 15.6. The molecule has 1 aliphatic heterocycles. The highest BCUT2D eigenvalue weighted by atomic mass is 16.5. The number of ketones is 1. The molecule has 1 saturated heterocycles. The number of ether oxygens (including phenoxy) is 1. The molecule has 0 amide bonds. The van der Waals surface area contributed by atoms with Crippen LogP contribution in [0.4, 0.5) is 0 Å². The van der Waals surface area contributed by atoms with Crippen LogP contribution in [0, 0.1) is 5.92 Å². The lowest BCUT2D eigenvalue weighted by Gasteiger charge is -2.29. The molecule has 0 aliphatic carbocycles. The van der Waals surface area contributed by atoms with Crippen molar-refractivity contribution < 1.29 is 9.53 Å². The molecule has 0 spiro atoms. The van der Waals surface area contributed by atoms with Crippen LogP contribution in [0.1, 0.15) is 56.0 Å². The van der Waals surface area contributed by atoms with E-state index < -0.39 is 0 Å². The molecule has 4 heteroatoms. The minimum Gasteiger partial charge on any atom is -0.493 e. The van der Waals surface area contributed by atoms with Crippen molar-refractivity contribution in [2.45, 2.75) is 40.0 Å². The van der Waals surface area contributed by atoms with Crippen LogP contribution in [0.5, 0.6) is 5.75 Å². The molecule has 1 aromatic rings. The van der Waals surface area contributed by atoms with Crippen LogP contribution >= 0.6 is 0 Å². The minimum atomic E-state index is 0.0190. The molecular formula is C20H32N2O2. The molecule has 1 aromatic carbocycles. The third-order valence-corrected chi connectivity index (χ3v) is 4.57. The normalized spacial score (nSPS) is 17.0. The molecular weight excluding hydrogens is 300 g/mol. The molecule has 1 aliphatic rings. The number of rotatable bonds is 8. The molecule has 1 heterocycles. The Morgan fingerprint density at radius 1 is 1.25 bits per heavy atom. The molecule has 134 valence electrons. The predicted molar refractivity (Wildman–Crippen MR) is 99.1 cm³/mol. The zero-order chi connectivity index (χ0) is 17.5. The summed E-state index contributed by atoms with van der Waals surface area (Å²) in [5, 5.41) is 3.35. The number of nitrogens with one attached hydrogen (secondary N) is 1. The molecule has 0 bridgehead atoms. The smallest absolute Gasteiger partial charge is 0.166 e. The van der Waals surface area contributed by atoms with Gasteiger partial charge in [0.25, 0.3) is 0 Å². The van der Waals surface area contributed by atoms with E-state index in [4.69, 9.17) is 4.74 Å². The Labute approximate surface area is 146 Å². The van der Waals surface area contributed by atoms with Crippen molar-refractivity contribution in [3.05, 3.63) is 29.3 Å². The van der Waals surface area contributed by atoms with Gasteiger partial charge in [-0.05, 0) is 36.1 Å². The molecule has 1 atom stereocenters. The number of carbonyl (C=O) groups excluding carboxylic acids is 1. The maximum atomic E-state index is 12.8. The molecule has 2 rings (SSSR count). The summed E-state index contributed by atoms with van der Waals surface area (Å²) in [5.41, 5.74) is 1.94. The Kier molecular flexibility index (Phi) is 7.25. The predicted octanol–water partition coefficient (Wildman–Crippen LogP) is 3.32. The molecule has 24 heavy (non-hydrogen) atoms. The van der Waals surface area contributed by atoms with E-state index in [-0.39, 0.29) is 11.7 Å². The largest absolute Gasteiger partial charge is 0.493 e. The molecule has 1 fully saturated rings. The van der Waals surface area contributed by atoms with Crippen molar-refractivity contribution in [2.24, 2.45) is 5.92 Å². The van der Waals surface area contributed by atoms with Gasteiger partial charge in [-0.3, -0.25) is 4.79 Å². The number of Topliss-reactive ketones (excluding diaryl/α,β-unsaturated/α-hetero) is 1. The zero-order valence-corrected chi connectivity index (χ0v) is 15.6. The van der Waals surface area contributed by atoms with Crippen molar-refractivity contribution in [3.8, 4) is 5.75 Å². The summed E-state index contributed by atoms with van der Waals surface area (Å²) < 4.78 is 5.84. The van der Waals surface area contributed by atoms with E-state index in [1.54, 1.807) is 0 Å². The lowest BCUT2D eigenvalue weighted by Crippen LogP contribution is -2.45. The van der Waals surface area contributed by atoms with Crippen molar-refractivity contribution in [1.82, 2.24) is 10.2 Å². The first-order valence-electron chi connectivity index (χ1n) is 9.27. The maximum absolute atomic E-state index is 12.8. The van der Waals surface area contributed by atoms with E-state index in [1.807, 2.05) is 25.1 Å². The molecule has 0 radical (unpaired) electrons. The first kappa shape index (κ1) is 18.9. The number of hydrogen-bond donors (Lipinski definition) is 1. The standard InChI is InChI=1S/C20H32N2O2/c1-5-12-24-19-7-6-17(13-18(19)15(2)3)20(23)16(4)14-22-10-8-21-9-11-22/h6-7,13,15-16,21H,5,8-12,14H2,1-4H3. The van der Waals surface area contributed by atoms with Crippen LogP contribution in [0.2, 0.25) is 0 Å². The Bertz CT molecular complexity index is 536. The second-order valence-corrected chi connectivity index (χ2v) is 7.07. The SMILES string of the molecule is CCCOc1ccc(C(=O)C(C)CN2CCNCC2)cc1C(C)C. The van der Waals surface area contributed by atoms with Crippen LogP contribution in [-0.2, 0) is 0 Å². The van der Waals surface area contributed by atoms with Crippen LogP contribution in [0.15, 0.2) is 18.2 Å². The number of carbonyl (C=O) groups is 1. The van der Waals surface area contributed by atoms with Gasteiger partial charge in [0, 0.05) is 44.2 Å². The van der Waals surface area contributed by atoms with Crippen LogP contribution in [-0.4, -0.2) is 50.0 Å². The highest BCUT2D eigenvalue weighted by Gasteiger charge is 2.21. The van der Waals surface area contributed by atoms with Gasteiger partial charge in [-0.25, -0.2) is 0 Å². The van der Waals surface area contributed by atoms with Gasteiger partial charge in [-0.2, -0.15) is 0 Å². The molecule has 0 aromatic heterocycles. The average Bonchev–Trinajstić information content (AvgIpc) is 2.59. The highest BCUT2D eigenvalue weighted by molar-refractivity contribution is 5.98. The van der Waals surface area contributed by atoms with E-state index >= 15 is 0 Å². The third kappa shape index (κ3) is 5.05. The van der Waals surface area contributed by atoms with Crippen LogP contribution in [0.25, 0.3) is 0 Å². The lowest BCUT2D eigenvalue weighted by atomic mass is 9.93. The van der Waals surface area contributed by atoms with Gasteiger partial charge >= 0.3 is 0 Å². The average molecular weight is 332 g/mol. The monoisotopic (exact) mass is 332 g/mol. The maximum Gasteiger partial charge on any atom is 0.166 e. The Morgan fingerprint density at radius 2 is 1.96 bits per heavy atom. The summed E-state index contributed by atoms with van der Waals surface area (Å²) in [6.45, 7) is 14.1.